The van der Waals surface area contributed by atoms with Gasteiger partial charge in [0.05, 0.1) is 0 Å². The Kier molecular flexibility index (Phi) is 2.22. The maximum atomic E-state index is 10.8. The summed E-state index contributed by atoms with van der Waals surface area (Å²) in [5.74, 6) is 0. The second kappa shape index (κ2) is 3.29. The number of hydrogen-bond acceptors (Lipinski definition) is 5. The Morgan fingerprint density at radius 1 is 1.26 bits per heavy atom. The van der Waals surface area contributed by atoms with Gasteiger partial charge in [-0.05, 0) is 45.3 Å². The minimum atomic E-state index is -1.40. The summed E-state index contributed by atoms with van der Waals surface area (Å²) in [7, 11) is 0. The van der Waals surface area contributed by atoms with E-state index in [4.69, 9.17) is 0 Å². The molecule has 19 heavy (non-hydrogen) atoms. The van der Waals surface area contributed by atoms with Gasteiger partial charge in [0, 0.05) is 11.0 Å². The van der Waals surface area contributed by atoms with Gasteiger partial charge in [-0.2, -0.15) is 0 Å². The molecule has 1 spiro atoms. The van der Waals surface area contributed by atoms with Gasteiger partial charge in [-0.3, -0.25) is 0 Å². The van der Waals surface area contributed by atoms with Crippen molar-refractivity contribution in [2.75, 3.05) is 0 Å². The van der Waals surface area contributed by atoms with Crippen molar-refractivity contribution in [2.24, 2.45) is 10.6 Å². The standard InChI is InChI=1S/C14H19NO4/c1-7-9-8(6-12(2,17)11(9)16)10(15-19)13(3,18)14(7)4-5-14/h6,11,16-19H,4-5H2,1-3H3/b15-10+/t11-,12-,13?/m1/s1. The van der Waals surface area contributed by atoms with Crippen LogP contribution in [0.2, 0.25) is 0 Å². The van der Waals surface area contributed by atoms with Crippen molar-refractivity contribution in [3.05, 3.63) is 22.8 Å². The topological polar surface area (TPSA) is 93.3 Å². The van der Waals surface area contributed by atoms with Gasteiger partial charge in [-0.1, -0.05) is 10.7 Å². The Labute approximate surface area is 111 Å². The number of oxime groups is 1. The van der Waals surface area contributed by atoms with Crippen LogP contribution in [0.5, 0.6) is 0 Å². The zero-order valence-electron chi connectivity index (χ0n) is 11.3. The van der Waals surface area contributed by atoms with E-state index in [9.17, 15) is 20.5 Å². The van der Waals surface area contributed by atoms with E-state index in [1.807, 2.05) is 6.92 Å². The monoisotopic (exact) mass is 265 g/mol. The smallest absolute Gasteiger partial charge is 0.119 e. The zero-order chi connectivity index (χ0) is 14.2. The van der Waals surface area contributed by atoms with Gasteiger partial charge < -0.3 is 20.5 Å². The lowest BCUT2D eigenvalue weighted by atomic mass is 9.67. The van der Waals surface area contributed by atoms with Crippen LogP contribution in [0.4, 0.5) is 0 Å². The highest BCUT2D eigenvalue weighted by molar-refractivity contribution is 6.12. The largest absolute Gasteiger partial charge is 0.411 e. The summed E-state index contributed by atoms with van der Waals surface area (Å²) in [5, 5.41) is 43.8. The first kappa shape index (κ1) is 12.8. The van der Waals surface area contributed by atoms with Gasteiger partial charge in [0.2, 0.25) is 0 Å². The maximum Gasteiger partial charge on any atom is 0.119 e. The third-order valence-electron chi connectivity index (χ3n) is 5.17. The van der Waals surface area contributed by atoms with Crippen LogP contribution in [-0.4, -0.2) is 43.5 Å². The van der Waals surface area contributed by atoms with Crippen molar-refractivity contribution in [3.63, 3.8) is 0 Å². The van der Waals surface area contributed by atoms with E-state index < -0.39 is 22.7 Å². The molecule has 3 aliphatic carbocycles. The molecule has 3 rings (SSSR count). The molecule has 5 nitrogen and oxygen atoms in total. The van der Waals surface area contributed by atoms with Crippen molar-refractivity contribution >= 4 is 5.71 Å². The van der Waals surface area contributed by atoms with Crippen molar-refractivity contribution in [1.82, 2.24) is 0 Å². The van der Waals surface area contributed by atoms with Crippen LogP contribution in [0.25, 0.3) is 0 Å². The number of hydrogen-bond donors (Lipinski definition) is 4. The van der Waals surface area contributed by atoms with Crippen molar-refractivity contribution < 1.29 is 20.5 Å². The Morgan fingerprint density at radius 3 is 2.32 bits per heavy atom. The van der Waals surface area contributed by atoms with Crippen LogP contribution >= 0.6 is 0 Å². The molecule has 0 amide bonds. The normalized spacial score (nSPS) is 45.7. The minimum Gasteiger partial charge on any atom is -0.411 e. The van der Waals surface area contributed by atoms with Gasteiger partial charge >= 0.3 is 0 Å². The SMILES string of the molecule is CC1=C2C(=C[C@@](C)(O)[C@@H]2O)/C(=N\O)C(C)(O)C12CC2. The third-order valence-corrected chi connectivity index (χ3v) is 5.17. The molecular weight excluding hydrogens is 246 g/mol. The molecule has 0 aromatic heterocycles. The Morgan fingerprint density at radius 2 is 1.84 bits per heavy atom. The molecule has 0 saturated heterocycles. The molecule has 1 unspecified atom stereocenters. The van der Waals surface area contributed by atoms with Crippen LogP contribution in [-0.2, 0) is 0 Å². The van der Waals surface area contributed by atoms with Crippen molar-refractivity contribution in [2.45, 2.75) is 50.9 Å². The van der Waals surface area contributed by atoms with E-state index >= 15 is 0 Å². The average Bonchev–Trinajstić information content (AvgIpc) is 3.04. The molecule has 5 heteroatoms. The minimum absolute atomic E-state index is 0.141. The molecular formula is C14H19NO4. The van der Waals surface area contributed by atoms with Crippen LogP contribution in [0, 0.1) is 5.41 Å². The fourth-order valence-corrected chi connectivity index (χ4v) is 3.74. The highest BCUT2D eigenvalue weighted by Gasteiger charge is 2.65. The van der Waals surface area contributed by atoms with Gasteiger partial charge in [0.25, 0.3) is 0 Å². The molecule has 1 fully saturated rings. The summed E-state index contributed by atoms with van der Waals surface area (Å²) in [6.07, 6.45) is 2.00. The van der Waals surface area contributed by atoms with Gasteiger partial charge in [0.1, 0.15) is 23.0 Å². The molecule has 0 heterocycles. The lowest BCUT2D eigenvalue weighted by Crippen LogP contribution is -2.50. The summed E-state index contributed by atoms with van der Waals surface area (Å²) in [6, 6.07) is 0. The summed E-state index contributed by atoms with van der Waals surface area (Å²) in [5.41, 5.74) is -1.06. The molecule has 4 N–H and O–H groups in total. The fourth-order valence-electron chi connectivity index (χ4n) is 3.74. The summed E-state index contributed by atoms with van der Waals surface area (Å²) >= 11 is 0. The zero-order valence-corrected chi connectivity index (χ0v) is 11.3. The molecule has 0 aromatic rings. The average molecular weight is 265 g/mol. The predicted octanol–water partition coefficient (Wildman–Crippen LogP) is 0.730. The number of fused-ring (bicyclic) bond motifs is 1. The molecule has 104 valence electrons. The predicted molar refractivity (Wildman–Crippen MR) is 68.9 cm³/mol. The van der Waals surface area contributed by atoms with E-state index in [0.29, 0.717) is 11.1 Å². The van der Waals surface area contributed by atoms with E-state index in [0.717, 1.165) is 18.4 Å². The van der Waals surface area contributed by atoms with Crippen LogP contribution in [0.15, 0.2) is 28.0 Å². The van der Waals surface area contributed by atoms with Gasteiger partial charge in [-0.25, -0.2) is 0 Å². The Bertz CT molecular complexity index is 550. The first-order valence-electron chi connectivity index (χ1n) is 6.49. The second-order valence-corrected chi connectivity index (χ2v) is 6.33. The van der Waals surface area contributed by atoms with Crippen LogP contribution < -0.4 is 0 Å². The first-order chi connectivity index (χ1) is 8.69. The highest BCUT2D eigenvalue weighted by atomic mass is 16.4. The molecule has 1 saturated carbocycles. The van der Waals surface area contributed by atoms with E-state index in [1.165, 1.54) is 13.0 Å². The second-order valence-electron chi connectivity index (χ2n) is 6.33. The molecule has 0 bridgehead atoms. The fraction of sp³-hybridized carbons (Fsp3) is 0.643. The lowest BCUT2D eigenvalue weighted by molar-refractivity contribution is 0.00112. The Balaban J connectivity index is 2.31. The first-order valence-corrected chi connectivity index (χ1v) is 6.49. The number of nitrogens with zero attached hydrogens (tertiary/aromatic N) is 1. The third kappa shape index (κ3) is 1.28. The van der Waals surface area contributed by atoms with Crippen molar-refractivity contribution in [1.29, 1.82) is 0 Å². The highest BCUT2D eigenvalue weighted by Crippen LogP contribution is 2.65. The number of rotatable bonds is 0. The molecule has 3 aliphatic rings. The van der Waals surface area contributed by atoms with Crippen LogP contribution in [0.1, 0.15) is 33.6 Å². The van der Waals surface area contributed by atoms with Gasteiger partial charge in [-0.15, -0.1) is 0 Å². The quantitative estimate of drug-likeness (QED) is 0.384. The molecule has 0 aromatic carbocycles. The van der Waals surface area contributed by atoms with E-state index in [-0.39, 0.29) is 5.71 Å². The lowest BCUT2D eigenvalue weighted by Gasteiger charge is -2.41. The van der Waals surface area contributed by atoms with Gasteiger partial charge in [0.15, 0.2) is 0 Å². The maximum absolute atomic E-state index is 10.8. The molecule has 0 radical (unpaired) electrons. The molecule has 0 aliphatic heterocycles. The Hall–Kier alpha value is -1.17. The van der Waals surface area contributed by atoms with Crippen molar-refractivity contribution in [3.8, 4) is 0 Å². The van der Waals surface area contributed by atoms with Crippen LogP contribution in [0.3, 0.4) is 0 Å². The molecule has 3 atom stereocenters. The van der Waals surface area contributed by atoms with E-state index in [1.54, 1.807) is 6.92 Å². The van der Waals surface area contributed by atoms with E-state index in [2.05, 4.69) is 5.16 Å². The summed E-state index contributed by atoms with van der Waals surface area (Å²) in [6.45, 7) is 5.02. The number of aliphatic hydroxyl groups is 3. The summed E-state index contributed by atoms with van der Waals surface area (Å²) in [4.78, 5) is 0. The summed E-state index contributed by atoms with van der Waals surface area (Å²) < 4.78 is 0. The number of aliphatic hydroxyl groups excluding tert-OH is 1.